The molecule has 0 saturated carbocycles. The Morgan fingerprint density at radius 2 is 1.85 bits per heavy atom. The molecule has 13 heavy (non-hydrogen) atoms. The van der Waals surface area contributed by atoms with E-state index >= 15 is 0 Å². The fraction of sp³-hybridized carbons (Fsp3) is 0.700. The topological polar surface area (TPSA) is 40.1 Å². The Labute approximate surface area is 103 Å². The zero-order valence-electron chi connectivity index (χ0n) is 8.71. The van der Waals surface area contributed by atoms with Crippen molar-refractivity contribution in [3.05, 3.63) is 12.2 Å². The van der Waals surface area contributed by atoms with E-state index in [4.69, 9.17) is 0 Å². The molecule has 0 saturated heterocycles. The van der Waals surface area contributed by atoms with Gasteiger partial charge in [0, 0.05) is 5.97 Å². The van der Waals surface area contributed by atoms with Gasteiger partial charge in [0.25, 0.3) is 0 Å². The van der Waals surface area contributed by atoms with Gasteiger partial charge in [-0.05, 0) is 25.7 Å². The summed E-state index contributed by atoms with van der Waals surface area (Å²) in [5, 5.41) is 9.99. The Balaban J connectivity index is 0. The van der Waals surface area contributed by atoms with Crippen molar-refractivity contribution in [1.82, 2.24) is 0 Å². The summed E-state index contributed by atoms with van der Waals surface area (Å²) < 4.78 is 0. The van der Waals surface area contributed by atoms with Crippen LogP contribution in [0.3, 0.4) is 0 Å². The third kappa shape index (κ3) is 15.0. The first-order valence-electron chi connectivity index (χ1n) is 4.62. The normalized spacial score (nSPS) is 9.92. The first-order valence-corrected chi connectivity index (χ1v) is 4.62. The van der Waals surface area contributed by atoms with Crippen LogP contribution in [-0.4, -0.2) is 5.97 Å². The molecule has 0 aliphatic heterocycles. The van der Waals surface area contributed by atoms with Crippen LogP contribution >= 0.6 is 0 Å². The summed E-state index contributed by atoms with van der Waals surface area (Å²) in [6.45, 7) is 2.17. The molecule has 3 heteroatoms. The van der Waals surface area contributed by atoms with Gasteiger partial charge in [-0.3, -0.25) is 0 Å². The molecule has 0 fully saturated rings. The van der Waals surface area contributed by atoms with Crippen LogP contribution in [0.5, 0.6) is 0 Å². The minimum absolute atomic E-state index is 0. The average Bonchev–Trinajstić information content (AvgIpc) is 2.02. The molecule has 0 radical (unpaired) electrons. The summed E-state index contributed by atoms with van der Waals surface area (Å²) in [6, 6.07) is 0. The van der Waals surface area contributed by atoms with Crippen LogP contribution in [0.25, 0.3) is 0 Å². The second kappa shape index (κ2) is 12.2. The van der Waals surface area contributed by atoms with Gasteiger partial charge in [0.2, 0.25) is 0 Å². The molecule has 0 aromatic carbocycles. The molecule has 2 nitrogen and oxygen atoms in total. The number of hydrogen-bond donors (Lipinski definition) is 0. The average molecular weight is 192 g/mol. The minimum atomic E-state index is -0.965. The van der Waals surface area contributed by atoms with Crippen molar-refractivity contribution in [3.63, 3.8) is 0 Å². The molecule has 0 N–H and O–H groups in total. The van der Waals surface area contributed by atoms with Crippen LogP contribution < -0.4 is 34.7 Å². The maximum atomic E-state index is 9.99. The second-order valence-corrected chi connectivity index (χ2v) is 2.88. The third-order valence-corrected chi connectivity index (χ3v) is 1.66. The number of unbranched alkanes of at least 4 members (excludes halogenated alkanes) is 3. The molecule has 0 unspecified atom stereocenters. The van der Waals surface area contributed by atoms with Crippen molar-refractivity contribution < 1.29 is 39.5 Å². The van der Waals surface area contributed by atoms with E-state index < -0.39 is 5.97 Å². The standard InChI is InChI=1S/C10H18O2.Na/c1-2-3-4-5-6-7-8-9-10(11)12;/h6-7H,2-5,8-9H2,1H3,(H,11,12);/q;+1/p-1. The van der Waals surface area contributed by atoms with E-state index in [9.17, 15) is 9.90 Å². The van der Waals surface area contributed by atoms with Gasteiger partial charge in [-0.25, -0.2) is 0 Å². The van der Waals surface area contributed by atoms with Gasteiger partial charge in [0.15, 0.2) is 0 Å². The smallest absolute Gasteiger partial charge is 0.550 e. The van der Waals surface area contributed by atoms with Gasteiger partial charge < -0.3 is 9.90 Å². The maximum Gasteiger partial charge on any atom is 1.00 e. The molecule has 0 heterocycles. The summed E-state index contributed by atoms with van der Waals surface area (Å²) >= 11 is 0. The minimum Gasteiger partial charge on any atom is -0.550 e. The summed E-state index contributed by atoms with van der Waals surface area (Å²) in [4.78, 5) is 9.99. The first kappa shape index (κ1) is 15.7. The van der Waals surface area contributed by atoms with Gasteiger partial charge in [0.05, 0.1) is 0 Å². The summed E-state index contributed by atoms with van der Waals surface area (Å²) in [6.07, 6.45) is 9.49. The van der Waals surface area contributed by atoms with E-state index in [1.54, 1.807) is 0 Å². The van der Waals surface area contributed by atoms with Gasteiger partial charge >= 0.3 is 29.6 Å². The Morgan fingerprint density at radius 3 is 2.38 bits per heavy atom. The quantitative estimate of drug-likeness (QED) is 0.284. The van der Waals surface area contributed by atoms with Crippen LogP contribution in [0.15, 0.2) is 12.2 Å². The molecule has 0 amide bonds. The SMILES string of the molecule is CCCCCC=CCCC(=O)[O-].[Na+]. The number of carbonyl (C=O) groups excluding carboxylic acids is 1. The van der Waals surface area contributed by atoms with Gasteiger partial charge in [-0.2, -0.15) is 0 Å². The Bertz CT molecular complexity index is 144. The van der Waals surface area contributed by atoms with Crippen LogP contribution in [-0.2, 0) is 4.79 Å². The monoisotopic (exact) mass is 192 g/mol. The van der Waals surface area contributed by atoms with Crippen LogP contribution in [0, 0.1) is 0 Å². The van der Waals surface area contributed by atoms with E-state index in [0.717, 1.165) is 6.42 Å². The molecule has 0 atom stereocenters. The zero-order chi connectivity index (χ0) is 9.23. The molecule has 0 aliphatic carbocycles. The van der Waals surface area contributed by atoms with Crippen molar-refractivity contribution in [2.24, 2.45) is 0 Å². The molecule has 70 valence electrons. The summed E-state index contributed by atoms with van der Waals surface area (Å²) in [5.74, 6) is -0.965. The number of allylic oxidation sites excluding steroid dienone is 2. The van der Waals surface area contributed by atoms with E-state index in [2.05, 4.69) is 13.0 Å². The molecular formula is C10H17NaO2. The first-order chi connectivity index (χ1) is 5.77. The summed E-state index contributed by atoms with van der Waals surface area (Å²) in [5.41, 5.74) is 0. The molecule has 0 aromatic rings. The number of carboxylic acids is 1. The van der Waals surface area contributed by atoms with Crippen molar-refractivity contribution in [2.75, 3.05) is 0 Å². The largest absolute Gasteiger partial charge is 1.00 e. The van der Waals surface area contributed by atoms with Crippen molar-refractivity contribution in [3.8, 4) is 0 Å². The Morgan fingerprint density at radius 1 is 1.23 bits per heavy atom. The predicted molar refractivity (Wildman–Crippen MR) is 47.5 cm³/mol. The van der Waals surface area contributed by atoms with Gasteiger partial charge in [-0.15, -0.1) is 0 Å². The van der Waals surface area contributed by atoms with E-state index in [1.807, 2.05) is 6.08 Å². The fourth-order valence-corrected chi connectivity index (χ4v) is 0.949. The van der Waals surface area contributed by atoms with Crippen LogP contribution in [0.2, 0.25) is 0 Å². The van der Waals surface area contributed by atoms with Crippen molar-refractivity contribution >= 4 is 5.97 Å². The number of aliphatic carboxylic acids is 1. The van der Waals surface area contributed by atoms with E-state index in [1.165, 1.54) is 19.3 Å². The molecule has 0 aliphatic rings. The van der Waals surface area contributed by atoms with Crippen LogP contribution in [0.1, 0.15) is 45.4 Å². The molecule has 0 rings (SSSR count). The fourth-order valence-electron chi connectivity index (χ4n) is 0.949. The van der Waals surface area contributed by atoms with Crippen molar-refractivity contribution in [2.45, 2.75) is 45.4 Å². The molecular weight excluding hydrogens is 175 g/mol. The maximum absolute atomic E-state index is 9.99. The number of rotatable bonds is 7. The molecule has 0 aromatic heterocycles. The van der Waals surface area contributed by atoms with Gasteiger partial charge in [-0.1, -0.05) is 31.9 Å². The van der Waals surface area contributed by atoms with E-state index in [-0.39, 0.29) is 36.0 Å². The third-order valence-electron chi connectivity index (χ3n) is 1.66. The number of carbonyl (C=O) groups is 1. The molecule has 0 spiro atoms. The predicted octanol–water partition coefficient (Wildman–Crippen LogP) is -1.34. The molecule has 0 bridgehead atoms. The zero-order valence-corrected chi connectivity index (χ0v) is 10.7. The van der Waals surface area contributed by atoms with Gasteiger partial charge in [0.1, 0.15) is 0 Å². The van der Waals surface area contributed by atoms with Crippen LogP contribution in [0.4, 0.5) is 0 Å². The van der Waals surface area contributed by atoms with Crippen molar-refractivity contribution in [1.29, 1.82) is 0 Å². The number of carboxylic acid groups (broad SMARTS) is 1. The van der Waals surface area contributed by atoms with E-state index in [0.29, 0.717) is 6.42 Å². The Hall–Kier alpha value is 0.210. The Kier molecular flexibility index (Phi) is 14.7. The summed E-state index contributed by atoms with van der Waals surface area (Å²) in [7, 11) is 0. The second-order valence-electron chi connectivity index (χ2n) is 2.88. The number of hydrogen-bond acceptors (Lipinski definition) is 2.